The Kier molecular flexibility index (Phi) is 6.05. The lowest BCUT2D eigenvalue weighted by atomic mass is 10.2. The second kappa shape index (κ2) is 8.87. The number of likely N-dealkylation sites (N-methyl/N-ethyl adjacent to an activating group) is 1. The van der Waals surface area contributed by atoms with Gasteiger partial charge in [0.1, 0.15) is 5.82 Å². The number of anilines is 2. The Hall–Kier alpha value is -3.06. The third-order valence-electron chi connectivity index (χ3n) is 3.72. The molecule has 134 valence electrons. The summed E-state index contributed by atoms with van der Waals surface area (Å²) in [7, 11) is 4.07. The van der Waals surface area contributed by atoms with E-state index in [1.165, 1.54) is 0 Å². The van der Waals surface area contributed by atoms with Crippen molar-refractivity contribution in [2.75, 3.05) is 37.8 Å². The van der Waals surface area contributed by atoms with Gasteiger partial charge in [0.2, 0.25) is 5.95 Å². The van der Waals surface area contributed by atoms with Gasteiger partial charge in [-0.25, -0.2) is 4.98 Å². The molecule has 0 bridgehead atoms. The van der Waals surface area contributed by atoms with Crippen LogP contribution in [-0.4, -0.2) is 52.0 Å². The molecule has 7 nitrogen and oxygen atoms in total. The van der Waals surface area contributed by atoms with Gasteiger partial charge in [0.25, 0.3) is 0 Å². The van der Waals surface area contributed by atoms with E-state index < -0.39 is 0 Å². The van der Waals surface area contributed by atoms with Gasteiger partial charge in [-0.1, -0.05) is 6.07 Å². The highest BCUT2D eigenvalue weighted by Crippen LogP contribution is 2.21. The monoisotopic (exact) mass is 349 g/mol. The molecule has 3 heterocycles. The van der Waals surface area contributed by atoms with Crippen LogP contribution in [0.25, 0.3) is 11.3 Å². The molecule has 0 aliphatic heterocycles. The van der Waals surface area contributed by atoms with Gasteiger partial charge in [-0.3, -0.25) is 9.97 Å². The van der Waals surface area contributed by atoms with Gasteiger partial charge in [-0.2, -0.15) is 4.98 Å². The van der Waals surface area contributed by atoms with E-state index in [9.17, 15) is 0 Å². The molecule has 2 N–H and O–H groups in total. The number of nitrogens with zero attached hydrogens (tertiary/aromatic N) is 5. The van der Waals surface area contributed by atoms with Gasteiger partial charge in [0.15, 0.2) is 0 Å². The van der Waals surface area contributed by atoms with Crippen LogP contribution >= 0.6 is 0 Å². The molecule has 0 saturated heterocycles. The summed E-state index contributed by atoms with van der Waals surface area (Å²) in [6.45, 7) is 2.32. The second-order valence-electron chi connectivity index (χ2n) is 6.15. The van der Waals surface area contributed by atoms with Crippen LogP contribution in [-0.2, 0) is 6.54 Å². The summed E-state index contributed by atoms with van der Waals surface area (Å²) in [4.78, 5) is 19.6. The van der Waals surface area contributed by atoms with E-state index in [2.05, 4.69) is 35.5 Å². The lowest BCUT2D eigenvalue weighted by Crippen LogP contribution is -2.21. The smallest absolute Gasteiger partial charge is 0.225 e. The molecule has 0 spiro atoms. The van der Waals surface area contributed by atoms with Gasteiger partial charge < -0.3 is 15.5 Å². The molecule has 3 aromatic rings. The molecule has 3 rings (SSSR count). The van der Waals surface area contributed by atoms with E-state index >= 15 is 0 Å². The predicted molar refractivity (Wildman–Crippen MR) is 104 cm³/mol. The Balaban J connectivity index is 1.80. The molecule has 0 fully saturated rings. The van der Waals surface area contributed by atoms with Crippen LogP contribution in [0.2, 0.25) is 0 Å². The molecule has 0 aliphatic carbocycles. The highest BCUT2D eigenvalue weighted by atomic mass is 15.2. The van der Waals surface area contributed by atoms with Crippen LogP contribution in [0.5, 0.6) is 0 Å². The molecule has 7 heteroatoms. The predicted octanol–water partition coefficient (Wildman–Crippen LogP) is 2.52. The number of hydrogen-bond donors (Lipinski definition) is 2. The first-order valence-electron chi connectivity index (χ1n) is 8.51. The molecule has 0 unspecified atom stereocenters. The molecule has 0 radical (unpaired) electrons. The quantitative estimate of drug-likeness (QED) is 0.647. The molecule has 0 amide bonds. The first-order valence-corrected chi connectivity index (χ1v) is 8.51. The van der Waals surface area contributed by atoms with E-state index in [4.69, 9.17) is 0 Å². The summed E-state index contributed by atoms with van der Waals surface area (Å²) < 4.78 is 0. The molecule has 0 atom stereocenters. The van der Waals surface area contributed by atoms with Crippen molar-refractivity contribution in [3.05, 3.63) is 60.7 Å². The SMILES string of the molecule is CN(C)CCNc1nc(NCc2cccnc2)cc(-c2cccnc2)n1. The van der Waals surface area contributed by atoms with Crippen LogP contribution in [0.4, 0.5) is 11.8 Å². The van der Waals surface area contributed by atoms with Crippen molar-refractivity contribution in [3.63, 3.8) is 0 Å². The standard InChI is InChI=1S/C19H23N7/c1-26(2)10-9-22-19-24-17(16-6-4-8-21-14-16)11-18(25-19)23-13-15-5-3-7-20-12-15/h3-8,11-12,14H,9-10,13H2,1-2H3,(H2,22,23,24,25). The van der Waals surface area contributed by atoms with Crippen LogP contribution in [0, 0.1) is 0 Å². The largest absolute Gasteiger partial charge is 0.366 e. The molecule has 0 aliphatic rings. The van der Waals surface area contributed by atoms with Crippen LogP contribution < -0.4 is 10.6 Å². The Morgan fingerprint density at radius 3 is 2.46 bits per heavy atom. The molecule has 0 saturated carbocycles. The minimum absolute atomic E-state index is 0.599. The van der Waals surface area contributed by atoms with Crippen LogP contribution in [0.1, 0.15) is 5.56 Å². The zero-order chi connectivity index (χ0) is 18.2. The lowest BCUT2D eigenvalue weighted by molar-refractivity contribution is 0.425. The van der Waals surface area contributed by atoms with Crippen molar-refractivity contribution >= 4 is 11.8 Å². The normalized spacial score (nSPS) is 10.7. The summed E-state index contributed by atoms with van der Waals surface area (Å²) in [5.41, 5.74) is 2.88. The number of nitrogens with one attached hydrogen (secondary N) is 2. The van der Waals surface area contributed by atoms with Crippen molar-refractivity contribution in [2.24, 2.45) is 0 Å². The average molecular weight is 349 g/mol. The first-order chi connectivity index (χ1) is 12.7. The van der Waals surface area contributed by atoms with E-state index in [1.54, 1.807) is 18.6 Å². The van der Waals surface area contributed by atoms with E-state index in [1.807, 2.05) is 50.6 Å². The van der Waals surface area contributed by atoms with E-state index in [-0.39, 0.29) is 0 Å². The topological polar surface area (TPSA) is 78.9 Å². The molecule has 26 heavy (non-hydrogen) atoms. The Morgan fingerprint density at radius 2 is 1.77 bits per heavy atom. The van der Waals surface area contributed by atoms with Crippen molar-refractivity contribution < 1.29 is 0 Å². The maximum Gasteiger partial charge on any atom is 0.225 e. The van der Waals surface area contributed by atoms with Crippen LogP contribution in [0.3, 0.4) is 0 Å². The van der Waals surface area contributed by atoms with Crippen LogP contribution in [0.15, 0.2) is 55.1 Å². The Labute approximate surface area is 153 Å². The summed E-state index contributed by atoms with van der Waals surface area (Å²) >= 11 is 0. The zero-order valence-corrected chi connectivity index (χ0v) is 15.1. The first kappa shape index (κ1) is 17.8. The van der Waals surface area contributed by atoms with E-state index in [0.29, 0.717) is 12.5 Å². The number of aromatic nitrogens is 4. The van der Waals surface area contributed by atoms with Crippen molar-refractivity contribution in [2.45, 2.75) is 6.54 Å². The average Bonchev–Trinajstić information content (AvgIpc) is 2.67. The summed E-state index contributed by atoms with van der Waals surface area (Å²) in [6.07, 6.45) is 7.16. The van der Waals surface area contributed by atoms with Gasteiger partial charge in [-0.15, -0.1) is 0 Å². The van der Waals surface area contributed by atoms with Crippen molar-refractivity contribution in [1.29, 1.82) is 0 Å². The summed E-state index contributed by atoms with van der Waals surface area (Å²) in [5.74, 6) is 1.36. The zero-order valence-electron chi connectivity index (χ0n) is 15.1. The minimum atomic E-state index is 0.599. The minimum Gasteiger partial charge on any atom is -0.366 e. The number of hydrogen-bond acceptors (Lipinski definition) is 7. The third-order valence-corrected chi connectivity index (χ3v) is 3.72. The number of pyridine rings is 2. The summed E-state index contributed by atoms with van der Waals surface area (Å²) in [5, 5.41) is 6.64. The van der Waals surface area contributed by atoms with Crippen molar-refractivity contribution in [3.8, 4) is 11.3 Å². The van der Waals surface area contributed by atoms with Gasteiger partial charge in [0.05, 0.1) is 5.69 Å². The highest BCUT2D eigenvalue weighted by molar-refractivity contribution is 5.63. The molecular formula is C19H23N7. The fourth-order valence-corrected chi connectivity index (χ4v) is 2.37. The lowest BCUT2D eigenvalue weighted by Gasteiger charge is -2.13. The molecule has 3 aromatic heterocycles. The number of rotatable bonds is 8. The maximum absolute atomic E-state index is 4.62. The molecular weight excluding hydrogens is 326 g/mol. The maximum atomic E-state index is 4.62. The van der Waals surface area contributed by atoms with Gasteiger partial charge in [-0.05, 0) is 37.9 Å². The fraction of sp³-hybridized carbons (Fsp3) is 0.263. The Bertz CT molecular complexity index is 807. The second-order valence-corrected chi connectivity index (χ2v) is 6.15. The highest BCUT2D eigenvalue weighted by Gasteiger charge is 2.07. The van der Waals surface area contributed by atoms with Gasteiger partial charge >= 0.3 is 0 Å². The van der Waals surface area contributed by atoms with Crippen molar-refractivity contribution in [1.82, 2.24) is 24.8 Å². The van der Waals surface area contributed by atoms with Gasteiger partial charge in [0, 0.05) is 56.1 Å². The fourth-order valence-electron chi connectivity index (χ4n) is 2.37. The summed E-state index contributed by atoms with van der Waals surface area (Å²) in [6, 6.07) is 9.78. The third kappa shape index (κ3) is 5.22. The Morgan fingerprint density at radius 1 is 0.962 bits per heavy atom. The van der Waals surface area contributed by atoms with E-state index in [0.717, 1.165) is 35.7 Å². The molecule has 0 aromatic carbocycles.